The molecule has 4 nitrogen and oxygen atoms in total. The molecule has 0 unspecified atom stereocenters. The fourth-order valence-corrected chi connectivity index (χ4v) is 1.32. The van der Waals surface area contributed by atoms with Crippen LogP contribution in [0.25, 0.3) is 0 Å². The zero-order valence-corrected chi connectivity index (χ0v) is 8.65. The number of alkyl halides is 3. The third-order valence-electron chi connectivity index (χ3n) is 2.12. The SMILES string of the molecule is Nc1ccc(Cn2ccc(C(F)(F)F)n2)cn1. The molecule has 2 N–H and O–H groups in total. The van der Waals surface area contributed by atoms with Crippen molar-refractivity contribution in [1.82, 2.24) is 14.8 Å². The van der Waals surface area contributed by atoms with Crippen LogP contribution in [-0.2, 0) is 12.7 Å². The van der Waals surface area contributed by atoms with E-state index in [2.05, 4.69) is 10.1 Å². The number of aromatic nitrogens is 3. The summed E-state index contributed by atoms with van der Waals surface area (Å²) in [5.74, 6) is 0.366. The number of hydrogen-bond donors (Lipinski definition) is 1. The van der Waals surface area contributed by atoms with Crippen LogP contribution in [0.1, 0.15) is 11.3 Å². The fraction of sp³-hybridized carbons (Fsp3) is 0.200. The minimum Gasteiger partial charge on any atom is -0.384 e. The quantitative estimate of drug-likeness (QED) is 0.875. The summed E-state index contributed by atoms with van der Waals surface area (Å²) in [6.45, 7) is 0.226. The van der Waals surface area contributed by atoms with E-state index in [-0.39, 0.29) is 6.54 Å². The number of nitrogens with zero attached hydrogens (tertiary/aromatic N) is 3. The number of hydrogen-bond acceptors (Lipinski definition) is 3. The third kappa shape index (κ3) is 2.74. The van der Waals surface area contributed by atoms with Crippen LogP contribution >= 0.6 is 0 Å². The Morgan fingerprint density at radius 1 is 1.24 bits per heavy atom. The van der Waals surface area contributed by atoms with Gasteiger partial charge in [-0.1, -0.05) is 6.07 Å². The second-order valence-corrected chi connectivity index (χ2v) is 3.49. The zero-order valence-electron chi connectivity index (χ0n) is 8.65. The minimum absolute atomic E-state index is 0.226. The molecule has 0 amide bonds. The van der Waals surface area contributed by atoms with E-state index in [9.17, 15) is 13.2 Å². The molecule has 2 aromatic heterocycles. The highest BCUT2D eigenvalue weighted by atomic mass is 19.4. The molecule has 90 valence electrons. The average Bonchev–Trinajstić information content (AvgIpc) is 2.69. The molecule has 0 fully saturated rings. The Morgan fingerprint density at radius 3 is 2.53 bits per heavy atom. The van der Waals surface area contributed by atoms with E-state index in [4.69, 9.17) is 5.73 Å². The van der Waals surface area contributed by atoms with E-state index in [1.807, 2.05) is 0 Å². The molecule has 7 heteroatoms. The number of rotatable bonds is 2. The van der Waals surface area contributed by atoms with Gasteiger partial charge in [-0.25, -0.2) is 4.98 Å². The highest BCUT2D eigenvalue weighted by Crippen LogP contribution is 2.27. The van der Waals surface area contributed by atoms with Crippen LogP contribution < -0.4 is 5.73 Å². The van der Waals surface area contributed by atoms with Gasteiger partial charge in [-0.3, -0.25) is 4.68 Å². The van der Waals surface area contributed by atoms with Gasteiger partial charge in [0.05, 0.1) is 6.54 Å². The number of anilines is 1. The Hall–Kier alpha value is -2.05. The molecular formula is C10H9F3N4. The summed E-state index contributed by atoms with van der Waals surface area (Å²) >= 11 is 0. The number of halogens is 3. The van der Waals surface area contributed by atoms with Crippen molar-refractivity contribution in [2.45, 2.75) is 12.7 Å². The van der Waals surface area contributed by atoms with Gasteiger partial charge in [-0.2, -0.15) is 18.3 Å². The molecule has 0 spiro atoms. The van der Waals surface area contributed by atoms with Gasteiger partial charge in [-0.15, -0.1) is 0 Å². The molecule has 0 saturated heterocycles. The zero-order chi connectivity index (χ0) is 12.5. The molecule has 2 rings (SSSR count). The molecule has 17 heavy (non-hydrogen) atoms. The molecule has 0 aliphatic heterocycles. The van der Waals surface area contributed by atoms with Gasteiger partial charge < -0.3 is 5.73 Å². The van der Waals surface area contributed by atoms with Crippen LogP contribution in [0.15, 0.2) is 30.6 Å². The van der Waals surface area contributed by atoms with Crippen molar-refractivity contribution in [2.24, 2.45) is 0 Å². The maximum atomic E-state index is 12.3. The molecule has 0 aliphatic rings. The molecule has 0 aromatic carbocycles. The maximum Gasteiger partial charge on any atom is 0.435 e. The number of nitrogens with two attached hydrogens (primary N) is 1. The summed E-state index contributed by atoms with van der Waals surface area (Å²) in [5, 5.41) is 3.43. The van der Waals surface area contributed by atoms with Crippen LogP contribution in [0.2, 0.25) is 0 Å². The van der Waals surface area contributed by atoms with Crippen molar-refractivity contribution >= 4 is 5.82 Å². The van der Waals surface area contributed by atoms with E-state index >= 15 is 0 Å². The number of nitrogen functional groups attached to an aromatic ring is 1. The lowest BCUT2D eigenvalue weighted by Crippen LogP contribution is -2.08. The Balaban J connectivity index is 2.14. The van der Waals surface area contributed by atoms with Crippen molar-refractivity contribution in [3.63, 3.8) is 0 Å². The minimum atomic E-state index is -4.41. The smallest absolute Gasteiger partial charge is 0.384 e. The first-order valence-corrected chi connectivity index (χ1v) is 4.76. The highest BCUT2D eigenvalue weighted by Gasteiger charge is 2.33. The Labute approximate surface area is 94.9 Å². The predicted molar refractivity (Wildman–Crippen MR) is 55.0 cm³/mol. The molecule has 0 atom stereocenters. The van der Waals surface area contributed by atoms with Crippen LogP contribution in [0.4, 0.5) is 19.0 Å². The van der Waals surface area contributed by atoms with Crippen molar-refractivity contribution < 1.29 is 13.2 Å². The van der Waals surface area contributed by atoms with Crippen LogP contribution in [-0.4, -0.2) is 14.8 Å². The molecular weight excluding hydrogens is 233 g/mol. The van der Waals surface area contributed by atoms with E-state index in [0.29, 0.717) is 5.82 Å². The summed E-state index contributed by atoms with van der Waals surface area (Å²) < 4.78 is 38.1. The monoisotopic (exact) mass is 242 g/mol. The molecule has 0 radical (unpaired) electrons. The van der Waals surface area contributed by atoms with Crippen LogP contribution in [0, 0.1) is 0 Å². The number of pyridine rings is 1. The lowest BCUT2D eigenvalue weighted by atomic mass is 10.3. The normalized spacial score (nSPS) is 11.7. The lowest BCUT2D eigenvalue weighted by molar-refractivity contribution is -0.141. The summed E-state index contributed by atoms with van der Waals surface area (Å²) in [7, 11) is 0. The Morgan fingerprint density at radius 2 is 2.00 bits per heavy atom. The predicted octanol–water partition coefficient (Wildman–Crippen LogP) is 1.93. The molecule has 0 aliphatic carbocycles. The van der Waals surface area contributed by atoms with Gasteiger partial charge in [0, 0.05) is 12.4 Å². The second kappa shape index (κ2) is 4.08. The maximum absolute atomic E-state index is 12.3. The fourth-order valence-electron chi connectivity index (χ4n) is 1.32. The van der Waals surface area contributed by atoms with Crippen molar-refractivity contribution in [1.29, 1.82) is 0 Å². The first-order chi connectivity index (χ1) is 7.95. The molecule has 2 heterocycles. The van der Waals surface area contributed by atoms with Crippen LogP contribution in [0.3, 0.4) is 0 Å². The van der Waals surface area contributed by atoms with Crippen molar-refractivity contribution in [2.75, 3.05) is 5.73 Å². The van der Waals surface area contributed by atoms with Crippen molar-refractivity contribution in [3.05, 3.63) is 41.9 Å². The van der Waals surface area contributed by atoms with Crippen molar-refractivity contribution in [3.8, 4) is 0 Å². The molecule has 2 aromatic rings. The van der Waals surface area contributed by atoms with E-state index < -0.39 is 11.9 Å². The lowest BCUT2D eigenvalue weighted by Gasteiger charge is -2.03. The standard InChI is InChI=1S/C10H9F3N4/c11-10(12,13)8-3-4-17(16-8)6-7-1-2-9(14)15-5-7/h1-5H,6H2,(H2,14,15). The average molecular weight is 242 g/mol. The van der Waals surface area contributed by atoms with E-state index in [0.717, 1.165) is 11.6 Å². The van der Waals surface area contributed by atoms with E-state index in [1.54, 1.807) is 12.1 Å². The van der Waals surface area contributed by atoms with Gasteiger partial charge >= 0.3 is 6.18 Å². The first kappa shape index (κ1) is 11.4. The third-order valence-corrected chi connectivity index (χ3v) is 2.12. The largest absolute Gasteiger partial charge is 0.435 e. The summed E-state index contributed by atoms with van der Waals surface area (Å²) in [6.07, 6.45) is -1.63. The highest BCUT2D eigenvalue weighted by molar-refractivity contribution is 5.29. The van der Waals surface area contributed by atoms with Gasteiger partial charge in [0.1, 0.15) is 5.82 Å². The summed E-state index contributed by atoms with van der Waals surface area (Å²) in [5.41, 5.74) is 5.23. The van der Waals surface area contributed by atoms with Gasteiger partial charge in [0.15, 0.2) is 5.69 Å². The molecule has 0 saturated carbocycles. The Bertz CT molecular complexity index is 501. The van der Waals surface area contributed by atoms with Gasteiger partial charge in [0.2, 0.25) is 0 Å². The first-order valence-electron chi connectivity index (χ1n) is 4.76. The topological polar surface area (TPSA) is 56.7 Å². The van der Waals surface area contributed by atoms with Gasteiger partial charge in [-0.05, 0) is 17.7 Å². The Kier molecular flexibility index (Phi) is 2.74. The van der Waals surface area contributed by atoms with Gasteiger partial charge in [0.25, 0.3) is 0 Å². The summed E-state index contributed by atoms with van der Waals surface area (Å²) in [6, 6.07) is 4.21. The molecule has 0 bridgehead atoms. The summed E-state index contributed by atoms with van der Waals surface area (Å²) in [4.78, 5) is 3.85. The second-order valence-electron chi connectivity index (χ2n) is 3.49. The van der Waals surface area contributed by atoms with E-state index in [1.165, 1.54) is 17.1 Å². The van der Waals surface area contributed by atoms with Crippen LogP contribution in [0.5, 0.6) is 0 Å².